The van der Waals surface area contributed by atoms with Crippen LogP contribution < -0.4 is 10.6 Å². The molecule has 0 radical (unpaired) electrons. The van der Waals surface area contributed by atoms with Crippen molar-refractivity contribution in [2.45, 2.75) is 31.8 Å². The Bertz CT molecular complexity index is 936. The molecular weight excluding hydrogens is 413 g/mol. The van der Waals surface area contributed by atoms with Gasteiger partial charge < -0.3 is 10.6 Å². The van der Waals surface area contributed by atoms with Gasteiger partial charge in [0, 0.05) is 16.6 Å². The number of carbonyl (C=O) groups is 3. The van der Waals surface area contributed by atoms with Gasteiger partial charge in [0.25, 0.3) is 5.91 Å². The number of nitrogens with zero attached hydrogens (tertiary/aromatic N) is 1. The molecule has 1 saturated heterocycles. The lowest BCUT2D eigenvalue weighted by atomic mass is 9.93. The molecule has 1 fully saturated rings. The van der Waals surface area contributed by atoms with Crippen molar-refractivity contribution in [1.82, 2.24) is 15.5 Å². The van der Waals surface area contributed by atoms with Crippen molar-refractivity contribution in [1.29, 1.82) is 0 Å². The predicted octanol–water partition coefficient (Wildman–Crippen LogP) is 3.55. The second-order valence-corrected chi connectivity index (χ2v) is 8.00. The molecule has 0 saturated carbocycles. The largest absolute Gasteiger partial charge is 0.350 e. The molecule has 2 N–H and O–H groups in total. The lowest BCUT2D eigenvalue weighted by Crippen LogP contribution is -2.45. The molecule has 2 aromatic carbocycles. The number of nitrogens with one attached hydrogen (secondary N) is 2. The lowest BCUT2D eigenvalue weighted by molar-refractivity contribution is -0.134. The molecule has 1 heterocycles. The van der Waals surface area contributed by atoms with Gasteiger partial charge in [-0.25, -0.2) is 4.79 Å². The van der Waals surface area contributed by atoms with Crippen LogP contribution in [0.3, 0.4) is 0 Å². The third-order valence-electron chi connectivity index (χ3n) is 4.89. The number of urea groups is 1. The molecule has 4 amide bonds. The molecule has 3 rings (SSSR count). The minimum absolute atomic E-state index is 0.170. The van der Waals surface area contributed by atoms with Crippen molar-refractivity contribution in [3.05, 3.63) is 69.7 Å². The van der Waals surface area contributed by atoms with Gasteiger partial charge in [-0.2, -0.15) is 0 Å². The molecule has 0 bridgehead atoms. The monoisotopic (exact) mass is 433 g/mol. The Labute approximate surface area is 179 Å². The first kappa shape index (κ1) is 21.1. The average Bonchev–Trinajstić information content (AvgIpc) is 2.90. The summed E-state index contributed by atoms with van der Waals surface area (Å²) < 4.78 is 0. The van der Waals surface area contributed by atoms with E-state index in [-0.39, 0.29) is 13.1 Å². The predicted molar refractivity (Wildman–Crippen MR) is 112 cm³/mol. The molecule has 152 valence electrons. The second kappa shape index (κ2) is 8.84. The summed E-state index contributed by atoms with van der Waals surface area (Å²) in [6.07, 6.45) is 1.08. The molecule has 0 aliphatic carbocycles. The molecule has 6 nitrogen and oxygen atoms in total. The summed E-state index contributed by atoms with van der Waals surface area (Å²) in [5, 5.41) is 6.32. The van der Waals surface area contributed by atoms with E-state index in [0.717, 1.165) is 10.5 Å². The van der Waals surface area contributed by atoms with Crippen molar-refractivity contribution >= 4 is 41.0 Å². The fourth-order valence-corrected chi connectivity index (χ4v) is 3.63. The number of hydrogen-bond acceptors (Lipinski definition) is 3. The number of benzene rings is 2. The molecule has 1 aliphatic rings. The Morgan fingerprint density at radius 2 is 1.86 bits per heavy atom. The molecular formula is C21H21Cl2N3O3. The number of amides is 4. The summed E-state index contributed by atoms with van der Waals surface area (Å²) in [7, 11) is 0. The number of imide groups is 1. The van der Waals surface area contributed by atoms with Gasteiger partial charge in [-0.05, 0) is 43.0 Å². The molecule has 0 aromatic heterocycles. The van der Waals surface area contributed by atoms with E-state index in [1.165, 1.54) is 0 Å². The van der Waals surface area contributed by atoms with E-state index < -0.39 is 23.4 Å². The summed E-state index contributed by atoms with van der Waals surface area (Å²) in [4.78, 5) is 38.3. The van der Waals surface area contributed by atoms with Crippen molar-refractivity contribution in [3.63, 3.8) is 0 Å². The van der Waals surface area contributed by atoms with Crippen molar-refractivity contribution in [3.8, 4) is 0 Å². The van der Waals surface area contributed by atoms with Gasteiger partial charge in [0.1, 0.15) is 12.1 Å². The Hall–Kier alpha value is -2.57. The van der Waals surface area contributed by atoms with Crippen molar-refractivity contribution in [2.24, 2.45) is 0 Å². The van der Waals surface area contributed by atoms with E-state index in [4.69, 9.17) is 23.2 Å². The van der Waals surface area contributed by atoms with Crippen LogP contribution in [0.2, 0.25) is 10.0 Å². The summed E-state index contributed by atoms with van der Waals surface area (Å²) in [6.45, 7) is 1.50. The topological polar surface area (TPSA) is 78.5 Å². The molecule has 1 atom stereocenters. The van der Waals surface area contributed by atoms with Crippen molar-refractivity contribution in [2.75, 3.05) is 6.54 Å². The van der Waals surface area contributed by atoms with Crippen LogP contribution in [0.4, 0.5) is 4.79 Å². The molecule has 1 aliphatic heterocycles. The Balaban J connectivity index is 1.56. The summed E-state index contributed by atoms with van der Waals surface area (Å²) >= 11 is 11.9. The van der Waals surface area contributed by atoms with Crippen molar-refractivity contribution < 1.29 is 14.4 Å². The zero-order valence-corrected chi connectivity index (χ0v) is 17.4. The number of halogens is 2. The molecule has 29 heavy (non-hydrogen) atoms. The summed E-state index contributed by atoms with van der Waals surface area (Å²) in [5.41, 5.74) is 0.730. The number of rotatable bonds is 7. The zero-order chi connectivity index (χ0) is 21.0. The van der Waals surface area contributed by atoms with E-state index in [2.05, 4.69) is 10.6 Å². The highest BCUT2D eigenvalue weighted by atomic mass is 35.5. The smallest absolute Gasteiger partial charge is 0.325 e. The van der Waals surface area contributed by atoms with Crippen LogP contribution in [0.1, 0.15) is 24.5 Å². The maximum Gasteiger partial charge on any atom is 0.325 e. The van der Waals surface area contributed by atoms with E-state index >= 15 is 0 Å². The van der Waals surface area contributed by atoms with E-state index in [9.17, 15) is 14.4 Å². The molecule has 2 aromatic rings. The average molecular weight is 434 g/mol. The highest BCUT2D eigenvalue weighted by molar-refractivity contribution is 6.35. The van der Waals surface area contributed by atoms with Crippen LogP contribution in [-0.2, 0) is 22.6 Å². The van der Waals surface area contributed by atoms with Crippen LogP contribution >= 0.6 is 23.2 Å². The Kier molecular flexibility index (Phi) is 6.45. The van der Waals surface area contributed by atoms with Crippen LogP contribution in [0.15, 0.2) is 48.5 Å². The SMILES string of the molecule is C[C@]1(CCc2ccccc2)NC(=O)N(CC(=O)NCc2ccc(Cl)cc2Cl)C1=O. The molecule has 0 unspecified atom stereocenters. The van der Waals surface area contributed by atoms with E-state index in [0.29, 0.717) is 28.5 Å². The highest BCUT2D eigenvalue weighted by Gasteiger charge is 2.47. The number of hydrogen-bond donors (Lipinski definition) is 2. The highest BCUT2D eigenvalue weighted by Crippen LogP contribution is 2.23. The van der Waals surface area contributed by atoms with Crippen LogP contribution in [0.25, 0.3) is 0 Å². The summed E-state index contributed by atoms with van der Waals surface area (Å²) in [5.74, 6) is -0.857. The Morgan fingerprint density at radius 3 is 2.55 bits per heavy atom. The summed E-state index contributed by atoms with van der Waals surface area (Å²) in [6, 6.07) is 14.1. The minimum Gasteiger partial charge on any atom is -0.350 e. The van der Waals surface area contributed by atoms with Gasteiger partial charge >= 0.3 is 6.03 Å². The third-order valence-corrected chi connectivity index (χ3v) is 5.48. The van der Waals surface area contributed by atoms with Crippen LogP contribution in [-0.4, -0.2) is 34.8 Å². The molecule has 0 spiro atoms. The standard InChI is InChI=1S/C21H21Cl2N3O3/c1-21(10-9-14-5-3-2-4-6-14)19(28)26(20(29)25-21)13-18(27)24-12-15-7-8-16(22)11-17(15)23/h2-8,11H,9-10,12-13H2,1H3,(H,24,27)(H,25,29)/t21-/m1/s1. The van der Waals surface area contributed by atoms with Gasteiger partial charge in [0.2, 0.25) is 5.91 Å². The Morgan fingerprint density at radius 1 is 1.14 bits per heavy atom. The first-order valence-corrected chi connectivity index (χ1v) is 9.93. The normalized spacial score (nSPS) is 18.7. The van der Waals surface area contributed by atoms with E-state index in [1.54, 1.807) is 25.1 Å². The number of carbonyl (C=O) groups excluding carboxylic acids is 3. The van der Waals surface area contributed by atoms with E-state index in [1.807, 2.05) is 30.3 Å². The maximum absolute atomic E-state index is 12.8. The fraction of sp³-hybridized carbons (Fsp3) is 0.286. The lowest BCUT2D eigenvalue weighted by Gasteiger charge is -2.21. The fourth-order valence-electron chi connectivity index (χ4n) is 3.16. The third kappa shape index (κ3) is 5.08. The quantitative estimate of drug-likeness (QED) is 0.655. The van der Waals surface area contributed by atoms with Gasteiger partial charge in [-0.15, -0.1) is 0 Å². The van der Waals surface area contributed by atoms with Gasteiger partial charge in [0.05, 0.1) is 0 Å². The first-order valence-electron chi connectivity index (χ1n) is 9.17. The first-order chi connectivity index (χ1) is 13.8. The van der Waals surface area contributed by atoms with Crippen LogP contribution in [0.5, 0.6) is 0 Å². The van der Waals surface area contributed by atoms with Gasteiger partial charge in [-0.1, -0.05) is 59.6 Å². The maximum atomic E-state index is 12.8. The zero-order valence-electron chi connectivity index (χ0n) is 15.9. The minimum atomic E-state index is -1.04. The molecule has 8 heteroatoms. The number of aryl methyl sites for hydroxylation is 1. The van der Waals surface area contributed by atoms with Crippen LogP contribution in [0, 0.1) is 0 Å². The van der Waals surface area contributed by atoms with Gasteiger partial charge in [-0.3, -0.25) is 14.5 Å². The van der Waals surface area contributed by atoms with Gasteiger partial charge in [0.15, 0.2) is 0 Å². The second-order valence-electron chi connectivity index (χ2n) is 7.15.